The highest BCUT2D eigenvalue weighted by Crippen LogP contribution is 2.26. The van der Waals surface area contributed by atoms with Crippen LogP contribution in [0.25, 0.3) is 0 Å². The highest BCUT2D eigenvalue weighted by Gasteiger charge is 2.30. The first-order chi connectivity index (χ1) is 16.2. The number of hydrogen-bond acceptors (Lipinski definition) is 6. The number of hydrogen-bond donors (Lipinski definition) is 3. The molecule has 0 aliphatic heterocycles. The number of likely N-dealkylation sites (N-methyl/N-ethyl adjacent to an activating group) is 1. The molecular formula is C25H25N3O5S. The lowest BCUT2D eigenvalue weighted by atomic mass is 10.0. The van der Waals surface area contributed by atoms with E-state index in [1.165, 1.54) is 49.5 Å². The number of amides is 1. The molecule has 9 heteroatoms. The molecule has 3 aromatic carbocycles. The van der Waals surface area contributed by atoms with Gasteiger partial charge in [-0.2, -0.15) is 9.57 Å². The third-order valence-corrected chi connectivity index (χ3v) is 7.54. The monoisotopic (exact) mass is 479 g/mol. The van der Waals surface area contributed by atoms with Crippen LogP contribution in [0, 0.1) is 11.3 Å². The zero-order chi connectivity index (χ0) is 24.9. The van der Waals surface area contributed by atoms with Crippen LogP contribution >= 0.6 is 0 Å². The molecule has 0 spiro atoms. The number of nitrogens with zero attached hydrogens (tertiary/aromatic N) is 2. The topological polar surface area (TPSA) is 131 Å². The third-order valence-electron chi connectivity index (χ3n) is 5.60. The largest absolute Gasteiger partial charge is 0.392 e. The molecule has 2 atom stereocenters. The first-order valence-corrected chi connectivity index (χ1v) is 11.9. The predicted octanol–water partition coefficient (Wildman–Crippen LogP) is 3.05. The van der Waals surface area contributed by atoms with Crippen molar-refractivity contribution in [2.75, 3.05) is 12.4 Å². The summed E-state index contributed by atoms with van der Waals surface area (Å²) in [5.41, 5.74) is 1.70. The second-order valence-corrected chi connectivity index (χ2v) is 9.74. The molecule has 0 saturated carbocycles. The summed E-state index contributed by atoms with van der Waals surface area (Å²) < 4.78 is 27.5. The molecule has 0 fully saturated rings. The molecule has 0 saturated heterocycles. The average Bonchev–Trinajstić information content (AvgIpc) is 2.88. The van der Waals surface area contributed by atoms with Gasteiger partial charge in [0.25, 0.3) is 5.91 Å². The summed E-state index contributed by atoms with van der Waals surface area (Å²) in [6.45, 7) is 1.22. The molecule has 0 heterocycles. The van der Waals surface area contributed by atoms with Gasteiger partial charge < -0.3 is 15.5 Å². The van der Waals surface area contributed by atoms with E-state index >= 15 is 0 Å². The maximum absolute atomic E-state index is 13.2. The maximum atomic E-state index is 13.2. The lowest BCUT2D eigenvalue weighted by Gasteiger charge is -2.28. The van der Waals surface area contributed by atoms with Crippen molar-refractivity contribution in [3.8, 4) is 6.07 Å². The molecule has 3 rings (SSSR count). The Morgan fingerprint density at radius 3 is 2.44 bits per heavy atom. The molecule has 8 nitrogen and oxygen atoms in total. The van der Waals surface area contributed by atoms with Gasteiger partial charge in [-0.05, 0) is 48.9 Å². The van der Waals surface area contributed by atoms with Gasteiger partial charge in [0.2, 0.25) is 10.0 Å². The van der Waals surface area contributed by atoms with E-state index in [0.717, 1.165) is 4.31 Å². The second-order valence-electron chi connectivity index (χ2n) is 7.74. The van der Waals surface area contributed by atoms with Crippen molar-refractivity contribution in [1.29, 1.82) is 5.26 Å². The fourth-order valence-electron chi connectivity index (χ4n) is 3.42. The molecule has 0 aromatic heterocycles. The quantitative estimate of drug-likeness (QED) is 0.455. The number of benzene rings is 3. The van der Waals surface area contributed by atoms with E-state index < -0.39 is 28.1 Å². The summed E-state index contributed by atoms with van der Waals surface area (Å²) in [4.78, 5) is 12.7. The lowest BCUT2D eigenvalue weighted by Crippen LogP contribution is -2.39. The van der Waals surface area contributed by atoms with Gasteiger partial charge in [-0.1, -0.05) is 36.4 Å². The van der Waals surface area contributed by atoms with Crippen molar-refractivity contribution < 1.29 is 23.4 Å². The van der Waals surface area contributed by atoms with Gasteiger partial charge in [-0.15, -0.1) is 0 Å². The third kappa shape index (κ3) is 5.32. The van der Waals surface area contributed by atoms with Crippen LogP contribution in [0.2, 0.25) is 0 Å². The van der Waals surface area contributed by atoms with Crippen LogP contribution in [0.15, 0.2) is 77.7 Å². The summed E-state index contributed by atoms with van der Waals surface area (Å²) in [6.07, 6.45) is -1.04. The van der Waals surface area contributed by atoms with Gasteiger partial charge in [0.05, 0.1) is 35.3 Å². The molecular weight excluding hydrogens is 454 g/mol. The zero-order valence-electron chi connectivity index (χ0n) is 18.7. The SMILES string of the molecule is CC(C(O)c1ccccc1)N(C)S(=O)(=O)c1cccc(C(=O)Nc2ccc(C#N)cc2CO)c1. The Balaban J connectivity index is 1.83. The number of anilines is 1. The van der Waals surface area contributed by atoms with Crippen molar-refractivity contribution in [3.63, 3.8) is 0 Å². The number of rotatable bonds is 8. The smallest absolute Gasteiger partial charge is 0.255 e. The number of nitriles is 1. The molecule has 34 heavy (non-hydrogen) atoms. The molecule has 0 aliphatic carbocycles. The molecule has 2 unspecified atom stereocenters. The van der Waals surface area contributed by atoms with E-state index in [4.69, 9.17) is 5.26 Å². The Labute approximate surface area is 198 Å². The van der Waals surface area contributed by atoms with Gasteiger partial charge in [-0.25, -0.2) is 8.42 Å². The molecule has 0 bridgehead atoms. The Bertz CT molecular complexity index is 1320. The summed E-state index contributed by atoms with van der Waals surface area (Å²) in [5.74, 6) is -0.573. The Morgan fingerprint density at radius 2 is 1.79 bits per heavy atom. The Kier molecular flexibility index (Phi) is 7.81. The molecule has 176 valence electrons. The van der Waals surface area contributed by atoms with Crippen LogP contribution in [-0.4, -0.2) is 41.9 Å². The number of sulfonamides is 1. The van der Waals surface area contributed by atoms with Crippen molar-refractivity contribution in [3.05, 3.63) is 95.1 Å². The average molecular weight is 480 g/mol. The van der Waals surface area contributed by atoms with E-state index in [2.05, 4.69) is 5.32 Å². The molecule has 1 amide bonds. The standard InChI is InChI=1S/C25H25N3O5S/c1-17(24(30)19-7-4-3-5-8-19)28(2)34(32,33)22-10-6-9-20(14-22)25(31)27-23-12-11-18(15-26)13-21(23)16-29/h3-14,17,24,29-30H,16H2,1-2H3,(H,27,31). The summed E-state index contributed by atoms with van der Waals surface area (Å²) in [6, 6.07) is 20.0. The fourth-order valence-corrected chi connectivity index (χ4v) is 4.83. The van der Waals surface area contributed by atoms with Crippen LogP contribution in [0.4, 0.5) is 5.69 Å². The minimum Gasteiger partial charge on any atom is -0.392 e. The van der Waals surface area contributed by atoms with Gasteiger partial charge >= 0.3 is 0 Å². The summed E-state index contributed by atoms with van der Waals surface area (Å²) in [7, 11) is -2.65. The highest BCUT2D eigenvalue weighted by molar-refractivity contribution is 7.89. The predicted molar refractivity (Wildman–Crippen MR) is 127 cm³/mol. The van der Waals surface area contributed by atoms with Crippen molar-refractivity contribution in [2.24, 2.45) is 0 Å². The van der Waals surface area contributed by atoms with E-state index in [0.29, 0.717) is 22.4 Å². The van der Waals surface area contributed by atoms with E-state index in [-0.39, 0.29) is 17.1 Å². The fraction of sp³-hybridized carbons (Fsp3) is 0.200. The van der Waals surface area contributed by atoms with Crippen molar-refractivity contribution in [1.82, 2.24) is 4.31 Å². The lowest BCUT2D eigenvalue weighted by molar-refractivity contribution is 0.102. The number of aliphatic hydroxyl groups excluding tert-OH is 2. The first-order valence-electron chi connectivity index (χ1n) is 10.5. The van der Waals surface area contributed by atoms with Crippen LogP contribution in [0.3, 0.4) is 0 Å². The molecule has 3 aromatic rings. The summed E-state index contributed by atoms with van der Waals surface area (Å²) in [5, 5.41) is 31.8. The van der Waals surface area contributed by atoms with Crippen molar-refractivity contribution >= 4 is 21.6 Å². The minimum atomic E-state index is -4.02. The number of carbonyl (C=O) groups is 1. The van der Waals surface area contributed by atoms with E-state index in [9.17, 15) is 23.4 Å². The van der Waals surface area contributed by atoms with Crippen LogP contribution < -0.4 is 5.32 Å². The summed E-state index contributed by atoms with van der Waals surface area (Å²) >= 11 is 0. The highest BCUT2D eigenvalue weighted by atomic mass is 32.2. The zero-order valence-corrected chi connectivity index (χ0v) is 19.5. The minimum absolute atomic E-state index is 0.0963. The Hall–Kier alpha value is -3.55. The Morgan fingerprint density at radius 1 is 1.09 bits per heavy atom. The number of nitrogens with one attached hydrogen (secondary N) is 1. The van der Waals surface area contributed by atoms with Crippen LogP contribution in [0.1, 0.15) is 40.1 Å². The number of carbonyl (C=O) groups excluding carboxylic acids is 1. The van der Waals surface area contributed by atoms with Gasteiger partial charge in [-0.3, -0.25) is 4.79 Å². The number of aliphatic hydroxyl groups is 2. The normalized spacial score (nSPS) is 13.2. The van der Waals surface area contributed by atoms with Gasteiger partial charge in [0.1, 0.15) is 0 Å². The van der Waals surface area contributed by atoms with E-state index in [1.54, 1.807) is 37.3 Å². The molecule has 0 aliphatic rings. The first kappa shape index (κ1) is 25.1. The maximum Gasteiger partial charge on any atom is 0.255 e. The van der Waals surface area contributed by atoms with Gasteiger partial charge in [0.15, 0.2) is 0 Å². The molecule has 3 N–H and O–H groups in total. The van der Waals surface area contributed by atoms with Crippen molar-refractivity contribution in [2.45, 2.75) is 30.6 Å². The van der Waals surface area contributed by atoms with Crippen LogP contribution in [0.5, 0.6) is 0 Å². The second kappa shape index (κ2) is 10.6. The van der Waals surface area contributed by atoms with Gasteiger partial charge in [0, 0.05) is 23.9 Å². The molecule has 0 radical (unpaired) electrons. The van der Waals surface area contributed by atoms with E-state index in [1.807, 2.05) is 6.07 Å². The van der Waals surface area contributed by atoms with Crippen LogP contribution in [-0.2, 0) is 16.6 Å².